The van der Waals surface area contributed by atoms with Gasteiger partial charge in [0.05, 0.1) is 25.9 Å². The zero-order chi connectivity index (χ0) is 12.3. The summed E-state index contributed by atoms with van der Waals surface area (Å²) in [6.45, 7) is 1.30. The van der Waals surface area contributed by atoms with E-state index in [4.69, 9.17) is 9.47 Å². The molecule has 0 amide bonds. The topological polar surface area (TPSA) is 57.7 Å². The van der Waals surface area contributed by atoms with E-state index < -0.39 is 5.97 Å². The van der Waals surface area contributed by atoms with Crippen LogP contribution in [0.2, 0.25) is 0 Å². The molecule has 0 N–H and O–H groups in total. The normalized spacial score (nSPS) is 19.1. The summed E-state index contributed by atoms with van der Waals surface area (Å²) < 4.78 is 16.3. The van der Waals surface area contributed by atoms with Gasteiger partial charge in [0.15, 0.2) is 5.75 Å². The largest absolute Gasteiger partial charge is 0.485 e. The zero-order valence-corrected chi connectivity index (χ0v) is 11.5. The van der Waals surface area contributed by atoms with Gasteiger partial charge in [-0.25, -0.2) is 9.78 Å². The summed E-state index contributed by atoms with van der Waals surface area (Å²) in [5.41, 5.74) is 0.391. The van der Waals surface area contributed by atoms with Crippen LogP contribution in [0.4, 0.5) is 0 Å². The first-order valence-corrected chi connectivity index (χ1v) is 6.27. The fourth-order valence-corrected chi connectivity index (χ4v) is 1.95. The molecule has 92 valence electrons. The van der Waals surface area contributed by atoms with E-state index >= 15 is 0 Å². The second-order valence-corrected chi connectivity index (χ2v) is 4.63. The van der Waals surface area contributed by atoms with E-state index in [2.05, 4.69) is 32.3 Å². The number of ether oxygens (including phenoxy) is 3. The number of carbonyl (C=O) groups is 1. The van der Waals surface area contributed by atoms with Gasteiger partial charge in [0, 0.05) is 12.6 Å². The van der Waals surface area contributed by atoms with Crippen LogP contribution in [0.5, 0.6) is 5.75 Å². The highest BCUT2D eigenvalue weighted by molar-refractivity contribution is 14.1. The summed E-state index contributed by atoms with van der Waals surface area (Å²) >= 11 is 2.07. The Morgan fingerprint density at radius 2 is 2.47 bits per heavy atom. The predicted molar refractivity (Wildman–Crippen MR) is 68.1 cm³/mol. The number of methoxy groups -OCH3 is 1. The van der Waals surface area contributed by atoms with E-state index in [0.717, 1.165) is 10.1 Å². The molecule has 0 saturated carbocycles. The number of rotatable bonds is 3. The predicted octanol–water partition coefficient (Wildman–Crippen LogP) is 1.64. The molecule has 0 aliphatic carbocycles. The number of aromatic nitrogens is 1. The van der Waals surface area contributed by atoms with Crippen molar-refractivity contribution >= 4 is 28.6 Å². The third kappa shape index (κ3) is 3.06. The number of carbonyl (C=O) groups excluding carboxylic acids is 1. The Kier molecular flexibility index (Phi) is 4.16. The Labute approximate surface area is 113 Å². The van der Waals surface area contributed by atoms with Crippen LogP contribution in [0, 0.1) is 3.70 Å². The minimum Gasteiger partial charge on any atom is -0.485 e. The number of pyridine rings is 1. The molecule has 1 fully saturated rings. The summed E-state index contributed by atoms with van der Waals surface area (Å²) in [6.07, 6.45) is 2.38. The zero-order valence-electron chi connectivity index (χ0n) is 9.31. The molecule has 6 heteroatoms. The number of hydrogen-bond donors (Lipinski definition) is 0. The molecule has 1 aromatic rings. The van der Waals surface area contributed by atoms with E-state index in [1.807, 2.05) is 0 Å². The third-order valence-corrected chi connectivity index (χ3v) is 3.22. The van der Waals surface area contributed by atoms with Crippen molar-refractivity contribution < 1.29 is 19.0 Å². The average molecular weight is 349 g/mol. The average Bonchev–Trinajstić information content (AvgIpc) is 2.84. The van der Waals surface area contributed by atoms with E-state index in [-0.39, 0.29) is 6.10 Å². The minimum atomic E-state index is -0.415. The number of hydrogen-bond acceptors (Lipinski definition) is 5. The van der Waals surface area contributed by atoms with Gasteiger partial charge in [-0.3, -0.25) is 0 Å². The molecular formula is C11H12INO4. The maximum absolute atomic E-state index is 11.4. The van der Waals surface area contributed by atoms with Crippen molar-refractivity contribution in [3.63, 3.8) is 0 Å². The van der Waals surface area contributed by atoms with E-state index in [1.54, 1.807) is 6.07 Å². The summed E-state index contributed by atoms with van der Waals surface area (Å²) in [5.74, 6) is 0.186. The van der Waals surface area contributed by atoms with Gasteiger partial charge in [0.25, 0.3) is 0 Å². The van der Waals surface area contributed by atoms with E-state index in [1.165, 1.54) is 13.3 Å². The minimum absolute atomic E-state index is 0.0400. The Bertz CT molecular complexity index is 418. The highest BCUT2D eigenvalue weighted by Gasteiger charge is 2.19. The van der Waals surface area contributed by atoms with E-state index in [0.29, 0.717) is 24.5 Å². The molecule has 0 unspecified atom stereocenters. The van der Waals surface area contributed by atoms with Crippen LogP contribution < -0.4 is 4.74 Å². The van der Waals surface area contributed by atoms with Crippen molar-refractivity contribution in [1.29, 1.82) is 0 Å². The van der Waals surface area contributed by atoms with E-state index in [9.17, 15) is 4.79 Å². The summed E-state index contributed by atoms with van der Waals surface area (Å²) in [5, 5.41) is 0. The fraction of sp³-hybridized carbons (Fsp3) is 0.455. The Hall–Kier alpha value is -0.890. The molecule has 5 nitrogen and oxygen atoms in total. The molecule has 0 radical (unpaired) electrons. The van der Waals surface area contributed by atoms with Crippen LogP contribution in [0.3, 0.4) is 0 Å². The first-order chi connectivity index (χ1) is 8.20. The lowest BCUT2D eigenvalue weighted by molar-refractivity contribution is 0.0599. The van der Waals surface area contributed by atoms with Crippen molar-refractivity contribution in [2.75, 3.05) is 20.3 Å². The fourth-order valence-electron chi connectivity index (χ4n) is 1.53. The van der Waals surface area contributed by atoms with Crippen LogP contribution in [0.1, 0.15) is 16.8 Å². The van der Waals surface area contributed by atoms with Gasteiger partial charge in [-0.1, -0.05) is 0 Å². The van der Waals surface area contributed by atoms with Gasteiger partial charge in [-0.2, -0.15) is 0 Å². The standard InChI is InChI=1S/C11H12INO4/c1-15-11(14)7-4-9(10(12)13-5-7)17-8-2-3-16-6-8/h4-5,8H,2-3,6H2,1H3/t8-/m1/s1. The molecular weight excluding hydrogens is 337 g/mol. The summed E-state index contributed by atoms with van der Waals surface area (Å²) in [4.78, 5) is 15.5. The molecule has 1 saturated heterocycles. The molecule has 1 atom stereocenters. The summed E-state index contributed by atoms with van der Waals surface area (Å²) in [7, 11) is 1.34. The van der Waals surface area contributed by atoms with Crippen LogP contribution in [0.15, 0.2) is 12.3 Å². The monoisotopic (exact) mass is 349 g/mol. The van der Waals surface area contributed by atoms with Crippen LogP contribution >= 0.6 is 22.6 Å². The third-order valence-electron chi connectivity index (χ3n) is 2.41. The Balaban J connectivity index is 2.16. The van der Waals surface area contributed by atoms with Crippen LogP contribution in [-0.4, -0.2) is 37.4 Å². The lowest BCUT2D eigenvalue weighted by Crippen LogP contribution is -2.17. The Morgan fingerprint density at radius 3 is 3.12 bits per heavy atom. The van der Waals surface area contributed by atoms with Gasteiger partial charge in [-0.05, 0) is 28.7 Å². The highest BCUT2D eigenvalue weighted by Crippen LogP contribution is 2.23. The SMILES string of the molecule is COC(=O)c1cnc(I)c(O[C@@H]2CCOC2)c1. The molecule has 0 bridgehead atoms. The Morgan fingerprint density at radius 1 is 1.65 bits per heavy atom. The summed E-state index contributed by atoms with van der Waals surface area (Å²) in [6, 6.07) is 1.65. The molecule has 2 heterocycles. The molecule has 1 aromatic heterocycles. The molecule has 2 rings (SSSR count). The molecule has 0 spiro atoms. The highest BCUT2D eigenvalue weighted by atomic mass is 127. The van der Waals surface area contributed by atoms with Crippen molar-refractivity contribution in [2.24, 2.45) is 0 Å². The van der Waals surface area contributed by atoms with Crippen LogP contribution in [0.25, 0.3) is 0 Å². The molecule has 17 heavy (non-hydrogen) atoms. The maximum Gasteiger partial charge on any atom is 0.339 e. The lowest BCUT2D eigenvalue weighted by atomic mass is 10.2. The molecule has 1 aliphatic rings. The number of halogens is 1. The molecule has 0 aromatic carbocycles. The van der Waals surface area contributed by atoms with Crippen LogP contribution in [-0.2, 0) is 9.47 Å². The van der Waals surface area contributed by atoms with Crippen molar-refractivity contribution in [2.45, 2.75) is 12.5 Å². The van der Waals surface area contributed by atoms with Gasteiger partial charge in [0.1, 0.15) is 9.80 Å². The van der Waals surface area contributed by atoms with Crippen molar-refractivity contribution in [1.82, 2.24) is 4.98 Å². The second kappa shape index (κ2) is 5.63. The second-order valence-electron chi connectivity index (χ2n) is 3.61. The quantitative estimate of drug-likeness (QED) is 0.472. The number of nitrogens with zero attached hydrogens (tertiary/aromatic N) is 1. The van der Waals surface area contributed by atoms with Crippen molar-refractivity contribution in [3.05, 3.63) is 21.5 Å². The van der Waals surface area contributed by atoms with Gasteiger partial charge >= 0.3 is 5.97 Å². The lowest BCUT2D eigenvalue weighted by Gasteiger charge is -2.13. The van der Waals surface area contributed by atoms with Gasteiger partial charge in [-0.15, -0.1) is 0 Å². The maximum atomic E-state index is 11.4. The van der Waals surface area contributed by atoms with Gasteiger partial charge < -0.3 is 14.2 Å². The van der Waals surface area contributed by atoms with Crippen molar-refractivity contribution in [3.8, 4) is 5.75 Å². The van der Waals surface area contributed by atoms with Gasteiger partial charge in [0.2, 0.25) is 0 Å². The first-order valence-electron chi connectivity index (χ1n) is 5.19. The smallest absolute Gasteiger partial charge is 0.339 e. The number of esters is 1. The first kappa shape index (κ1) is 12.6. The molecule has 1 aliphatic heterocycles.